The van der Waals surface area contributed by atoms with Crippen LogP contribution in [0.15, 0.2) is 42.7 Å². The first-order valence-corrected chi connectivity index (χ1v) is 7.57. The summed E-state index contributed by atoms with van der Waals surface area (Å²) in [4.78, 5) is 30.3. The minimum atomic E-state index is -0.540. The number of nitrogens with zero attached hydrogens (tertiary/aromatic N) is 2. The zero-order chi connectivity index (χ0) is 16.4. The van der Waals surface area contributed by atoms with Gasteiger partial charge in [0.05, 0.1) is 7.11 Å². The Labute approximate surface area is 134 Å². The van der Waals surface area contributed by atoms with Gasteiger partial charge in [-0.2, -0.15) is 0 Å². The zero-order valence-corrected chi connectivity index (χ0v) is 13.2. The van der Waals surface area contributed by atoms with E-state index in [9.17, 15) is 9.59 Å². The number of benzene rings is 1. The minimum Gasteiger partial charge on any atom is -0.467 e. The van der Waals surface area contributed by atoms with Gasteiger partial charge in [0.2, 0.25) is 0 Å². The van der Waals surface area contributed by atoms with Gasteiger partial charge in [0, 0.05) is 30.1 Å². The van der Waals surface area contributed by atoms with Crippen LogP contribution in [0.25, 0.3) is 11.1 Å². The molecule has 0 aliphatic carbocycles. The molecule has 0 N–H and O–H groups in total. The van der Waals surface area contributed by atoms with Crippen molar-refractivity contribution in [1.82, 2.24) is 9.88 Å². The van der Waals surface area contributed by atoms with Crippen LogP contribution in [0.1, 0.15) is 29.3 Å². The standard InChI is InChI=1S/C18H18N2O3/c1-3-16(18(22)23-2)20-11-14-7-6-12(9-15(14)17(20)21)13-5-4-8-19-10-13/h4-10,16H,3,11H2,1-2H3. The molecule has 1 amide bonds. The fourth-order valence-electron chi connectivity index (χ4n) is 2.94. The number of amides is 1. The van der Waals surface area contributed by atoms with E-state index < -0.39 is 6.04 Å². The van der Waals surface area contributed by atoms with E-state index in [2.05, 4.69) is 4.98 Å². The fraction of sp³-hybridized carbons (Fsp3) is 0.278. The minimum absolute atomic E-state index is 0.122. The molecular formula is C18H18N2O3. The van der Waals surface area contributed by atoms with Crippen molar-refractivity contribution in [3.05, 3.63) is 53.9 Å². The molecule has 0 radical (unpaired) electrons. The van der Waals surface area contributed by atoms with Crippen molar-refractivity contribution in [2.45, 2.75) is 25.9 Å². The van der Waals surface area contributed by atoms with Gasteiger partial charge in [0.1, 0.15) is 6.04 Å². The number of hydrogen-bond donors (Lipinski definition) is 0. The first kappa shape index (κ1) is 15.2. The maximum atomic E-state index is 12.7. The summed E-state index contributed by atoms with van der Waals surface area (Å²) in [7, 11) is 1.35. The summed E-state index contributed by atoms with van der Waals surface area (Å²) in [5, 5.41) is 0. The van der Waals surface area contributed by atoms with Gasteiger partial charge in [-0.1, -0.05) is 25.1 Å². The Hall–Kier alpha value is -2.69. The molecule has 2 heterocycles. The predicted octanol–water partition coefficient (Wildman–Crippen LogP) is 2.66. The van der Waals surface area contributed by atoms with Crippen LogP contribution in [0.2, 0.25) is 0 Å². The van der Waals surface area contributed by atoms with Gasteiger partial charge in [-0.25, -0.2) is 4.79 Å². The van der Waals surface area contributed by atoms with Crippen LogP contribution >= 0.6 is 0 Å². The Morgan fingerprint density at radius 3 is 2.83 bits per heavy atom. The van der Waals surface area contributed by atoms with Gasteiger partial charge in [0.15, 0.2) is 0 Å². The van der Waals surface area contributed by atoms with E-state index in [1.165, 1.54) is 7.11 Å². The summed E-state index contributed by atoms with van der Waals surface area (Å²) in [6.07, 6.45) is 4.01. The molecule has 5 nitrogen and oxygen atoms in total. The predicted molar refractivity (Wildman–Crippen MR) is 85.6 cm³/mol. The maximum Gasteiger partial charge on any atom is 0.328 e. The van der Waals surface area contributed by atoms with Crippen LogP contribution < -0.4 is 0 Å². The van der Waals surface area contributed by atoms with Gasteiger partial charge in [-0.05, 0) is 29.7 Å². The van der Waals surface area contributed by atoms with Crippen molar-refractivity contribution in [2.24, 2.45) is 0 Å². The molecule has 1 aliphatic rings. The van der Waals surface area contributed by atoms with Crippen LogP contribution in [0.3, 0.4) is 0 Å². The molecule has 0 spiro atoms. The average Bonchev–Trinajstić information content (AvgIpc) is 2.92. The number of aromatic nitrogens is 1. The molecule has 1 aliphatic heterocycles. The number of pyridine rings is 1. The Morgan fingerprint density at radius 2 is 2.17 bits per heavy atom. The second-order valence-corrected chi connectivity index (χ2v) is 5.49. The lowest BCUT2D eigenvalue weighted by atomic mass is 10.0. The molecule has 0 saturated heterocycles. The Morgan fingerprint density at radius 1 is 1.35 bits per heavy atom. The van der Waals surface area contributed by atoms with E-state index >= 15 is 0 Å². The number of carbonyl (C=O) groups is 2. The van der Waals surface area contributed by atoms with Crippen LogP contribution in [-0.4, -0.2) is 34.9 Å². The molecule has 0 fully saturated rings. The summed E-state index contributed by atoms with van der Waals surface area (Å²) in [6.45, 7) is 2.31. The summed E-state index contributed by atoms with van der Waals surface area (Å²) in [5.74, 6) is -0.496. The molecule has 1 unspecified atom stereocenters. The molecule has 0 bridgehead atoms. The van der Waals surface area contributed by atoms with Gasteiger partial charge in [0.25, 0.3) is 5.91 Å². The van der Waals surface area contributed by atoms with Gasteiger partial charge in [-0.3, -0.25) is 9.78 Å². The van der Waals surface area contributed by atoms with E-state index in [-0.39, 0.29) is 11.9 Å². The molecule has 2 aromatic rings. The molecule has 23 heavy (non-hydrogen) atoms. The first-order valence-electron chi connectivity index (χ1n) is 7.57. The van der Waals surface area contributed by atoms with Gasteiger partial charge in [-0.15, -0.1) is 0 Å². The van der Waals surface area contributed by atoms with Crippen molar-refractivity contribution in [1.29, 1.82) is 0 Å². The molecule has 0 saturated carbocycles. The van der Waals surface area contributed by atoms with Crippen molar-refractivity contribution in [2.75, 3.05) is 7.11 Å². The highest BCUT2D eigenvalue weighted by Crippen LogP contribution is 2.30. The number of ether oxygens (including phenoxy) is 1. The number of carbonyl (C=O) groups excluding carboxylic acids is 2. The molecule has 5 heteroatoms. The van der Waals surface area contributed by atoms with Crippen molar-refractivity contribution in [3.8, 4) is 11.1 Å². The first-order chi connectivity index (χ1) is 11.2. The SMILES string of the molecule is CCC(C(=O)OC)N1Cc2ccc(-c3cccnc3)cc2C1=O. The third kappa shape index (κ3) is 2.70. The molecule has 1 aromatic carbocycles. The number of esters is 1. The quantitative estimate of drug-likeness (QED) is 0.815. The second kappa shape index (κ2) is 6.20. The smallest absolute Gasteiger partial charge is 0.328 e. The second-order valence-electron chi connectivity index (χ2n) is 5.49. The third-order valence-electron chi connectivity index (χ3n) is 4.17. The summed E-state index contributed by atoms with van der Waals surface area (Å²) in [5.41, 5.74) is 3.48. The third-order valence-corrected chi connectivity index (χ3v) is 4.17. The number of methoxy groups -OCH3 is 1. The Bertz CT molecular complexity index is 743. The highest BCUT2D eigenvalue weighted by Gasteiger charge is 2.36. The van der Waals surface area contributed by atoms with E-state index in [0.717, 1.165) is 16.7 Å². The summed E-state index contributed by atoms with van der Waals surface area (Å²) >= 11 is 0. The van der Waals surface area contributed by atoms with E-state index in [1.54, 1.807) is 17.3 Å². The van der Waals surface area contributed by atoms with Crippen molar-refractivity contribution < 1.29 is 14.3 Å². The highest BCUT2D eigenvalue weighted by atomic mass is 16.5. The maximum absolute atomic E-state index is 12.7. The van der Waals surface area contributed by atoms with Gasteiger partial charge < -0.3 is 9.64 Å². The lowest BCUT2D eigenvalue weighted by Crippen LogP contribution is -2.41. The van der Waals surface area contributed by atoms with Crippen molar-refractivity contribution >= 4 is 11.9 Å². The van der Waals surface area contributed by atoms with Crippen LogP contribution in [0.5, 0.6) is 0 Å². The largest absolute Gasteiger partial charge is 0.467 e. The molecule has 118 valence electrons. The topological polar surface area (TPSA) is 59.5 Å². The van der Waals surface area contributed by atoms with Gasteiger partial charge >= 0.3 is 5.97 Å². The average molecular weight is 310 g/mol. The molecule has 1 aromatic heterocycles. The van der Waals surface area contributed by atoms with Crippen molar-refractivity contribution in [3.63, 3.8) is 0 Å². The number of fused-ring (bicyclic) bond motifs is 1. The van der Waals surface area contributed by atoms with E-state index in [1.807, 2.05) is 37.3 Å². The highest BCUT2D eigenvalue weighted by molar-refractivity contribution is 6.01. The molecule has 3 rings (SSSR count). The van der Waals surface area contributed by atoms with Crippen LogP contribution in [-0.2, 0) is 16.1 Å². The fourth-order valence-corrected chi connectivity index (χ4v) is 2.94. The number of rotatable bonds is 4. The summed E-state index contributed by atoms with van der Waals surface area (Å²) in [6, 6.07) is 9.07. The lowest BCUT2D eigenvalue weighted by molar-refractivity contribution is -0.146. The number of hydrogen-bond acceptors (Lipinski definition) is 4. The van der Waals surface area contributed by atoms with Crippen LogP contribution in [0, 0.1) is 0 Å². The normalized spacial score (nSPS) is 14.5. The molecular weight excluding hydrogens is 292 g/mol. The Balaban J connectivity index is 1.93. The lowest BCUT2D eigenvalue weighted by Gasteiger charge is -2.24. The van der Waals surface area contributed by atoms with E-state index in [4.69, 9.17) is 4.74 Å². The zero-order valence-electron chi connectivity index (χ0n) is 13.2. The van der Waals surface area contributed by atoms with Crippen LogP contribution in [0.4, 0.5) is 0 Å². The molecule has 1 atom stereocenters. The van der Waals surface area contributed by atoms with E-state index in [0.29, 0.717) is 18.5 Å². The summed E-state index contributed by atoms with van der Waals surface area (Å²) < 4.78 is 4.81. The Kier molecular flexibility index (Phi) is 4.10. The monoisotopic (exact) mass is 310 g/mol.